The number of hydrogen-bond donors (Lipinski definition) is 1. The van der Waals surface area contributed by atoms with Crippen LogP contribution in [0.25, 0.3) is 0 Å². The number of aryl methyl sites for hydroxylation is 1. The summed E-state index contributed by atoms with van der Waals surface area (Å²) >= 11 is 6.51. The lowest BCUT2D eigenvalue weighted by Crippen LogP contribution is -2.59. The second kappa shape index (κ2) is 16.1. The molecule has 1 amide bonds. The number of allylic oxidation sites excluding steroid dienone is 1. The van der Waals surface area contributed by atoms with Gasteiger partial charge in [-0.2, -0.15) is 0 Å². The number of hydrogen-bond acceptors (Lipinski definition) is 9. The number of nitrogens with zero attached hydrogens (tertiary/aromatic N) is 3. The van der Waals surface area contributed by atoms with Gasteiger partial charge >= 0.3 is 0 Å². The van der Waals surface area contributed by atoms with Crippen molar-refractivity contribution in [1.29, 1.82) is 0 Å². The standard InChI is InChI=1S/C42H59ClN4O6S/c1-29(2)46-20-18-45(19-21-46)27-42(52-5)17-6-8-30(3)39(25-51-4)54(49,50)44-40(48)32-11-15-38-37(23-32)47(24-33-10-13-36(33)42)26-41(28-53-38)16-7-9-31-22-34(43)12-14-35(31)41/h6,11-12,14-15,17,22-23,29-30,33,36,39H,7-10,13,16,18-21,24-28H2,1-5H3,(H,44,48)/b17-6-/t30-,33-,36+,39+,41-,42+/m0/s1. The zero-order valence-electron chi connectivity index (χ0n) is 32.7. The first-order chi connectivity index (χ1) is 25.9. The second-order valence-electron chi connectivity index (χ2n) is 16.9. The number of anilines is 1. The molecule has 0 unspecified atom stereocenters. The van der Waals surface area contributed by atoms with Crippen LogP contribution in [-0.2, 0) is 31.3 Å². The van der Waals surface area contributed by atoms with Crippen LogP contribution in [0.3, 0.4) is 0 Å². The minimum absolute atomic E-state index is 0.0293. The molecule has 1 saturated heterocycles. The molecule has 7 rings (SSSR count). The molecule has 1 saturated carbocycles. The summed E-state index contributed by atoms with van der Waals surface area (Å²) in [5.74, 6) is 0.309. The number of carbonyl (C=O) groups excluding carboxylic acids is 1. The number of fused-ring (bicyclic) bond motifs is 4. The summed E-state index contributed by atoms with van der Waals surface area (Å²) in [4.78, 5) is 21.3. The molecule has 54 heavy (non-hydrogen) atoms. The van der Waals surface area contributed by atoms with Crippen molar-refractivity contribution in [2.75, 3.05) is 78.1 Å². The highest BCUT2D eigenvalue weighted by Gasteiger charge is 2.50. The van der Waals surface area contributed by atoms with Crippen molar-refractivity contribution in [3.8, 4) is 5.75 Å². The Labute approximate surface area is 327 Å². The van der Waals surface area contributed by atoms with Gasteiger partial charge in [-0.3, -0.25) is 14.6 Å². The summed E-state index contributed by atoms with van der Waals surface area (Å²) in [7, 11) is -0.752. The van der Waals surface area contributed by atoms with E-state index in [1.807, 2.05) is 32.2 Å². The van der Waals surface area contributed by atoms with Gasteiger partial charge in [-0.1, -0.05) is 36.7 Å². The third-order valence-corrected chi connectivity index (χ3v) is 15.4. The summed E-state index contributed by atoms with van der Waals surface area (Å²) in [6.07, 6.45) is 9.96. The molecule has 2 aromatic carbocycles. The van der Waals surface area contributed by atoms with Crippen LogP contribution in [0.15, 0.2) is 48.6 Å². The Bertz CT molecular complexity index is 1820. The highest BCUT2D eigenvalue weighted by molar-refractivity contribution is 7.90. The van der Waals surface area contributed by atoms with E-state index in [0.717, 1.165) is 82.1 Å². The number of sulfonamides is 1. The topological polar surface area (TPSA) is 101 Å². The van der Waals surface area contributed by atoms with E-state index in [9.17, 15) is 13.2 Å². The van der Waals surface area contributed by atoms with Crippen molar-refractivity contribution in [1.82, 2.24) is 14.5 Å². The lowest BCUT2D eigenvalue weighted by atomic mass is 9.63. The highest BCUT2D eigenvalue weighted by atomic mass is 35.5. The summed E-state index contributed by atoms with van der Waals surface area (Å²) in [6.45, 7) is 13.2. The van der Waals surface area contributed by atoms with Gasteiger partial charge < -0.3 is 19.1 Å². The predicted molar refractivity (Wildman–Crippen MR) is 214 cm³/mol. The Morgan fingerprint density at radius 1 is 1.07 bits per heavy atom. The third kappa shape index (κ3) is 7.83. The van der Waals surface area contributed by atoms with E-state index in [4.69, 9.17) is 25.8 Å². The maximum absolute atomic E-state index is 13.9. The van der Waals surface area contributed by atoms with Crippen molar-refractivity contribution < 1.29 is 27.4 Å². The fourth-order valence-electron chi connectivity index (χ4n) is 9.96. The van der Waals surface area contributed by atoms with Gasteiger partial charge in [0.1, 0.15) is 16.6 Å². The summed E-state index contributed by atoms with van der Waals surface area (Å²) in [5, 5.41) is -0.185. The Morgan fingerprint density at radius 2 is 1.87 bits per heavy atom. The predicted octanol–water partition coefficient (Wildman–Crippen LogP) is 5.92. The lowest BCUT2D eigenvalue weighted by Gasteiger charge is -2.52. The number of ether oxygens (including phenoxy) is 3. The first-order valence-corrected chi connectivity index (χ1v) is 21.8. The molecule has 296 valence electrons. The van der Waals surface area contributed by atoms with Gasteiger partial charge in [0.25, 0.3) is 5.91 Å². The minimum atomic E-state index is -4.10. The number of amides is 1. The van der Waals surface area contributed by atoms with Crippen LogP contribution in [0.4, 0.5) is 5.69 Å². The first-order valence-electron chi connectivity index (χ1n) is 19.9. The molecule has 0 aromatic heterocycles. The molecule has 0 radical (unpaired) electrons. The molecule has 2 aliphatic carbocycles. The van der Waals surface area contributed by atoms with Gasteiger partial charge in [-0.25, -0.2) is 13.1 Å². The normalized spacial score (nSPS) is 32.5. The van der Waals surface area contributed by atoms with Gasteiger partial charge in [0, 0.05) is 82.1 Å². The molecule has 1 N–H and O–H groups in total. The number of rotatable bonds is 6. The SMILES string of the molecule is COC[C@@H]1[C@@H](C)C/C=C\[C@](CN2CCN(C(C)C)CC2)(OC)[C@@H]2CC[C@H]2CN2C[C@@]3(CCCc4cc(Cl)ccc43)COc3ccc(cc32)C(=O)NS1(=O)=O. The molecule has 2 fully saturated rings. The summed E-state index contributed by atoms with van der Waals surface area (Å²) in [5.41, 5.74) is 2.82. The molecule has 2 bridgehead atoms. The molecule has 2 aromatic rings. The molecule has 10 nitrogen and oxygen atoms in total. The van der Waals surface area contributed by atoms with Crippen molar-refractivity contribution in [2.45, 2.75) is 81.6 Å². The molecule has 1 spiro atoms. The first kappa shape index (κ1) is 39.6. The number of piperazine rings is 1. The smallest absolute Gasteiger partial charge is 0.264 e. The van der Waals surface area contributed by atoms with Crippen LogP contribution in [0.5, 0.6) is 5.75 Å². The van der Waals surface area contributed by atoms with Crippen LogP contribution in [0.1, 0.15) is 74.4 Å². The fourth-order valence-corrected chi connectivity index (χ4v) is 11.7. The third-order valence-electron chi connectivity index (χ3n) is 13.3. The molecule has 3 aliphatic heterocycles. The monoisotopic (exact) mass is 782 g/mol. The van der Waals surface area contributed by atoms with Crippen LogP contribution >= 0.6 is 11.6 Å². The van der Waals surface area contributed by atoms with Gasteiger partial charge in [-0.15, -0.1) is 0 Å². The van der Waals surface area contributed by atoms with E-state index in [0.29, 0.717) is 37.3 Å². The van der Waals surface area contributed by atoms with Gasteiger partial charge in [0.05, 0.1) is 18.9 Å². The van der Waals surface area contributed by atoms with Crippen LogP contribution in [-0.4, -0.2) is 114 Å². The largest absolute Gasteiger partial charge is 0.490 e. The van der Waals surface area contributed by atoms with Crippen molar-refractivity contribution in [3.05, 3.63) is 70.3 Å². The van der Waals surface area contributed by atoms with E-state index in [2.05, 4.69) is 57.6 Å². The number of nitrogens with one attached hydrogen (secondary N) is 1. The van der Waals surface area contributed by atoms with Crippen LogP contribution in [0.2, 0.25) is 5.02 Å². The molecular weight excluding hydrogens is 724 g/mol. The Hall–Kier alpha value is -2.67. The summed E-state index contributed by atoms with van der Waals surface area (Å²) in [6, 6.07) is 12.1. The fraction of sp³-hybridized carbons (Fsp3) is 0.643. The molecule has 5 aliphatic rings. The Balaban J connectivity index is 1.30. The maximum atomic E-state index is 13.9. The highest BCUT2D eigenvalue weighted by Crippen LogP contribution is 2.49. The molecule has 3 heterocycles. The van der Waals surface area contributed by atoms with E-state index in [-0.39, 0.29) is 29.4 Å². The van der Waals surface area contributed by atoms with Gasteiger partial charge in [0.2, 0.25) is 10.0 Å². The Morgan fingerprint density at radius 3 is 2.57 bits per heavy atom. The second-order valence-corrected chi connectivity index (χ2v) is 19.2. The van der Waals surface area contributed by atoms with E-state index in [1.54, 1.807) is 6.07 Å². The van der Waals surface area contributed by atoms with Crippen LogP contribution < -0.4 is 14.4 Å². The van der Waals surface area contributed by atoms with E-state index in [1.165, 1.54) is 18.2 Å². The minimum Gasteiger partial charge on any atom is -0.490 e. The lowest BCUT2D eigenvalue weighted by molar-refractivity contribution is -0.0961. The summed E-state index contributed by atoms with van der Waals surface area (Å²) < 4.78 is 49.1. The Kier molecular flexibility index (Phi) is 11.8. The average Bonchev–Trinajstić information content (AvgIpc) is 3.28. The molecule has 6 atom stereocenters. The van der Waals surface area contributed by atoms with E-state index < -0.39 is 26.8 Å². The van der Waals surface area contributed by atoms with Crippen molar-refractivity contribution in [3.63, 3.8) is 0 Å². The zero-order chi connectivity index (χ0) is 38.3. The van der Waals surface area contributed by atoms with Gasteiger partial charge in [0.15, 0.2) is 0 Å². The van der Waals surface area contributed by atoms with Crippen LogP contribution in [0, 0.1) is 17.8 Å². The molecular formula is C42H59ClN4O6S. The zero-order valence-corrected chi connectivity index (χ0v) is 34.3. The number of halogens is 1. The number of methoxy groups -OCH3 is 2. The average molecular weight is 783 g/mol. The van der Waals surface area contributed by atoms with Crippen molar-refractivity contribution >= 4 is 33.2 Å². The van der Waals surface area contributed by atoms with E-state index >= 15 is 0 Å². The van der Waals surface area contributed by atoms with Crippen molar-refractivity contribution in [2.24, 2.45) is 17.8 Å². The van der Waals surface area contributed by atoms with Gasteiger partial charge in [-0.05, 0) is 112 Å². The number of carbonyl (C=O) groups is 1. The molecule has 12 heteroatoms. The maximum Gasteiger partial charge on any atom is 0.264 e. The quantitative estimate of drug-likeness (QED) is 0.358. The number of benzene rings is 2.